The van der Waals surface area contributed by atoms with Crippen molar-refractivity contribution >= 4 is 5.91 Å². The largest absolute Gasteiger partial charge is 0.395 e. The van der Waals surface area contributed by atoms with Crippen molar-refractivity contribution in [3.63, 3.8) is 0 Å². The van der Waals surface area contributed by atoms with Crippen LogP contribution in [0.5, 0.6) is 0 Å². The van der Waals surface area contributed by atoms with E-state index in [1.54, 1.807) is 0 Å². The molecule has 0 aliphatic heterocycles. The number of amides is 1. The quantitative estimate of drug-likeness (QED) is 0.328. The maximum absolute atomic E-state index is 11.5. The second-order valence-electron chi connectivity index (χ2n) is 3.15. The van der Waals surface area contributed by atoms with E-state index in [9.17, 15) is 4.79 Å². The van der Waals surface area contributed by atoms with Gasteiger partial charge in [0.05, 0.1) is 19.8 Å². The van der Waals surface area contributed by atoms with Gasteiger partial charge in [-0.15, -0.1) is 0 Å². The topological polar surface area (TPSA) is 98.8 Å². The minimum Gasteiger partial charge on any atom is -0.395 e. The minimum atomic E-state index is -0.116. The van der Waals surface area contributed by atoms with Crippen LogP contribution in [-0.2, 0) is 4.79 Å². The van der Waals surface area contributed by atoms with Gasteiger partial charge in [-0.2, -0.15) is 0 Å². The van der Waals surface area contributed by atoms with Gasteiger partial charge in [-0.3, -0.25) is 4.79 Å². The Morgan fingerprint density at radius 1 is 1.27 bits per heavy atom. The third-order valence-electron chi connectivity index (χ3n) is 1.93. The van der Waals surface area contributed by atoms with Crippen LogP contribution in [0.4, 0.5) is 0 Å². The third kappa shape index (κ3) is 7.26. The van der Waals surface area contributed by atoms with Gasteiger partial charge >= 0.3 is 0 Å². The normalized spacial score (nSPS) is 10.3. The minimum absolute atomic E-state index is 0.0888. The summed E-state index contributed by atoms with van der Waals surface area (Å²) in [5, 5.41) is 20.4. The van der Waals surface area contributed by atoms with E-state index in [4.69, 9.17) is 15.9 Å². The average molecular weight is 219 g/mol. The highest BCUT2D eigenvalue weighted by molar-refractivity contribution is 5.78. The Morgan fingerprint density at radius 3 is 2.33 bits per heavy atom. The molecule has 0 aliphatic carbocycles. The van der Waals surface area contributed by atoms with Gasteiger partial charge in [-0.05, 0) is 19.5 Å². The van der Waals surface area contributed by atoms with Gasteiger partial charge in [0.15, 0.2) is 0 Å². The Labute approximate surface area is 90.1 Å². The van der Waals surface area contributed by atoms with Crippen LogP contribution in [0.15, 0.2) is 0 Å². The molecular formula is C9H21N3O3. The van der Waals surface area contributed by atoms with Gasteiger partial charge in [0, 0.05) is 13.1 Å². The molecule has 6 nitrogen and oxygen atoms in total. The van der Waals surface area contributed by atoms with Gasteiger partial charge in [-0.1, -0.05) is 0 Å². The molecule has 15 heavy (non-hydrogen) atoms. The molecule has 0 aromatic heterocycles. The number of hydrogen-bond acceptors (Lipinski definition) is 5. The average Bonchev–Trinajstić information content (AvgIpc) is 2.24. The van der Waals surface area contributed by atoms with Crippen LogP contribution >= 0.6 is 0 Å². The number of aliphatic hydroxyl groups is 2. The first-order valence-corrected chi connectivity index (χ1v) is 5.16. The predicted molar refractivity (Wildman–Crippen MR) is 57.3 cm³/mol. The number of nitrogens with one attached hydrogen (secondary N) is 1. The molecule has 0 radical (unpaired) electrons. The molecule has 6 heteroatoms. The van der Waals surface area contributed by atoms with E-state index < -0.39 is 0 Å². The van der Waals surface area contributed by atoms with E-state index in [2.05, 4.69) is 5.32 Å². The SMILES string of the molecule is NCCCNCC(=O)N(CCO)CCO. The zero-order valence-electron chi connectivity index (χ0n) is 8.98. The summed E-state index contributed by atoms with van der Waals surface area (Å²) < 4.78 is 0. The molecule has 0 aliphatic rings. The first kappa shape index (κ1) is 14.3. The zero-order valence-corrected chi connectivity index (χ0v) is 8.98. The van der Waals surface area contributed by atoms with Crippen LogP contribution in [0.1, 0.15) is 6.42 Å². The van der Waals surface area contributed by atoms with Crippen LogP contribution < -0.4 is 11.1 Å². The van der Waals surface area contributed by atoms with Crippen LogP contribution in [0.25, 0.3) is 0 Å². The summed E-state index contributed by atoms with van der Waals surface area (Å²) in [6, 6.07) is 0. The van der Waals surface area contributed by atoms with Gasteiger partial charge in [0.1, 0.15) is 0 Å². The summed E-state index contributed by atoms with van der Waals surface area (Å²) in [7, 11) is 0. The molecule has 0 saturated heterocycles. The van der Waals surface area contributed by atoms with Crippen molar-refractivity contribution in [3.8, 4) is 0 Å². The second-order valence-corrected chi connectivity index (χ2v) is 3.15. The number of carbonyl (C=O) groups excluding carboxylic acids is 1. The van der Waals surface area contributed by atoms with Crippen LogP contribution in [-0.4, -0.2) is 67.0 Å². The molecule has 0 atom stereocenters. The van der Waals surface area contributed by atoms with E-state index in [0.717, 1.165) is 6.42 Å². The van der Waals surface area contributed by atoms with E-state index >= 15 is 0 Å². The molecule has 0 fully saturated rings. The van der Waals surface area contributed by atoms with Crippen molar-refractivity contribution in [2.45, 2.75) is 6.42 Å². The van der Waals surface area contributed by atoms with Crippen molar-refractivity contribution in [2.75, 3.05) is 45.9 Å². The molecule has 1 amide bonds. The fraction of sp³-hybridized carbons (Fsp3) is 0.889. The first-order valence-electron chi connectivity index (χ1n) is 5.16. The Balaban J connectivity index is 3.70. The van der Waals surface area contributed by atoms with Crippen LogP contribution in [0, 0.1) is 0 Å². The van der Waals surface area contributed by atoms with E-state index in [1.165, 1.54) is 4.90 Å². The van der Waals surface area contributed by atoms with Crippen molar-refractivity contribution in [3.05, 3.63) is 0 Å². The molecule has 90 valence electrons. The maximum atomic E-state index is 11.5. The lowest BCUT2D eigenvalue weighted by molar-refractivity contribution is -0.131. The lowest BCUT2D eigenvalue weighted by atomic mass is 10.4. The summed E-state index contributed by atoms with van der Waals surface area (Å²) in [5.74, 6) is -0.116. The molecule has 0 rings (SSSR count). The van der Waals surface area contributed by atoms with Crippen molar-refractivity contribution < 1.29 is 15.0 Å². The smallest absolute Gasteiger partial charge is 0.236 e. The Bertz CT molecular complexity index is 161. The lowest BCUT2D eigenvalue weighted by Gasteiger charge is -2.20. The Kier molecular flexibility index (Phi) is 9.40. The summed E-state index contributed by atoms with van der Waals surface area (Å²) in [6.45, 7) is 1.87. The third-order valence-corrected chi connectivity index (χ3v) is 1.93. The number of nitrogens with zero attached hydrogens (tertiary/aromatic N) is 1. The number of nitrogens with two attached hydrogens (primary N) is 1. The van der Waals surface area contributed by atoms with Gasteiger partial charge < -0.3 is 26.2 Å². The first-order chi connectivity index (χ1) is 7.26. The Morgan fingerprint density at radius 2 is 1.87 bits per heavy atom. The molecule has 0 aromatic rings. The molecule has 5 N–H and O–H groups in total. The fourth-order valence-electron chi connectivity index (χ4n) is 1.14. The van der Waals surface area contributed by atoms with Gasteiger partial charge in [0.25, 0.3) is 0 Å². The summed E-state index contributed by atoms with van der Waals surface area (Å²) in [5.41, 5.74) is 5.30. The molecule has 0 spiro atoms. The summed E-state index contributed by atoms with van der Waals surface area (Å²) in [4.78, 5) is 12.9. The van der Waals surface area contributed by atoms with Crippen molar-refractivity contribution in [1.29, 1.82) is 0 Å². The highest BCUT2D eigenvalue weighted by Gasteiger charge is 2.10. The molecule has 0 saturated carbocycles. The van der Waals surface area contributed by atoms with Gasteiger partial charge in [-0.25, -0.2) is 0 Å². The summed E-state index contributed by atoms with van der Waals surface area (Å²) in [6.07, 6.45) is 0.827. The standard InChI is InChI=1S/C9H21N3O3/c10-2-1-3-11-8-9(15)12(4-6-13)5-7-14/h11,13-14H,1-8,10H2. The Hall–Kier alpha value is -0.690. The zero-order chi connectivity index (χ0) is 11.5. The van der Waals surface area contributed by atoms with Crippen LogP contribution in [0.3, 0.4) is 0 Å². The maximum Gasteiger partial charge on any atom is 0.236 e. The highest BCUT2D eigenvalue weighted by atomic mass is 16.3. The summed E-state index contributed by atoms with van der Waals surface area (Å²) >= 11 is 0. The molecule has 0 unspecified atom stereocenters. The number of carbonyl (C=O) groups is 1. The lowest BCUT2D eigenvalue weighted by Crippen LogP contribution is -2.41. The van der Waals surface area contributed by atoms with Crippen molar-refractivity contribution in [1.82, 2.24) is 10.2 Å². The highest BCUT2D eigenvalue weighted by Crippen LogP contribution is 1.88. The predicted octanol–water partition coefficient (Wildman–Crippen LogP) is -2.26. The second kappa shape index (κ2) is 9.85. The molecule has 0 bridgehead atoms. The van der Waals surface area contributed by atoms with E-state index in [1.807, 2.05) is 0 Å². The molecule has 0 heterocycles. The van der Waals surface area contributed by atoms with Crippen LogP contribution in [0.2, 0.25) is 0 Å². The number of aliphatic hydroxyl groups excluding tert-OH is 2. The monoisotopic (exact) mass is 219 g/mol. The number of hydrogen-bond donors (Lipinski definition) is 4. The van der Waals surface area contributed by atoms with Crippen molar-refractivity contribution in [2.24, 2.45) is 5.73 Å². The van der Waals surface area contributed by atoms with Gasteiger partial charge in [0.2, 0.25) is 5.91 Å². The number of rotatable bonds is 9. The van der Waals surface area contributed by atoms with E-state index in [-0.39, 0.29) is 38.8 Å². The molecular weight excluding hydrogens is 198 g/mol. The fourth-order valence-corrected chi connectivity index (χ4v) is 1.14. The van der Waals surface area contributed by atoms with E-state index in [0.29, 0.717) is 13.1 Å². The molecule has 0 aromatic carbocycles.